The molecule has 1 aromatic carbocycles. The van der Waals surface area contributed by atoms with Crippen molar-refractivity contribution in [3.63, 3.8) is 0 Å². The Balaban J connectivity index is 1.63. The van der Waals surface area contributed by atoms with Gasteiger partial charge in [0, 0.05) is 24.3 Å². The van der Waals surface area contributed by atoms with Gasteiger partial charge in [0.25, 0.3) is 0 Å². The zero-order valence-electron chi connectivity index (χ0n) is 18.5. The van der Waals surface area contributed by atoms with Gasteiger partial charge in [-0.05, 0) is 57.5 Å². The van der Waals surface area contributed by atoms with E-state index < -0.39 is 10.0 Å². The van der Waals surface area contributed by atoms with E-state index >= 15 is 0 Å². The van der Waals surface area contributed by atoms with Gasteiger partial charge in [-0.2, -0.15) is 0 Å². The minimum atomic E-state index is -3.65. The summed E-state index contributed by atoms with van der Waals surface area (Å²) < 4.78 is 28.9. The van der Waals surface area contributed by atoms with Gasteiger partial charge in [0.2, 0.25) is 10.0 Å². The second-order valence-corrected chi connectivity index (χ2v) is 11.0. The molecule has 0 bridgehead atoms. The van der Waals surface area contributed by atoms with Crippen LogP contribution in [-0.4, -0.2) is 53.9 Å². The standard InChI is InChI=1S/C22H28N6O2S2/c1-4-28-9-5-6-16(28)11-26-32(29,30)17-8-7-14(2)18(10-17)19-12-25-22(23)21(27-19)20-13-24-15(3)31-20/h7-8,10,12-13,16,26H,4-6,9,11H2,1-3H3,(H2,23,25). The maximum Gasteiger partial charge on any atom is 0.240 e. The fourth-order valence-electron chi connectivity index (χ4n) is 4.06. The molecule has 1 fully saturated rings. The molecule has 8 nitrogen and oxygen atoms in total. The van der Waals surface area contributed by atoms with E-state index in [1.807, 2.05) is 13.8 Å². The van der Waals surface area contributed by atoms with Gasteiger partial charge in [-0.25, -0.2) is 28.1 Å². The van der Waals surface area contributed by atoms with Gasteiger partial charge < -0.3 is 5.73 Å². The molecule has 0 amide bonds. The van der Waals surface area contributed by atoms with Gasteiger partial charge in [0.1, 0.15) is 5.69 Å². The lowest BCUT2D eigenvalue weighted by Crippen LogP contribution is -2.40. The van der Waals surface area contributed by atoms with Gasteiger partial charge in [-0.15, -0.1) is 11.3 Å². The number of likely N-dealkylation sites (N-methyl/N-ethyl adjacent to an activating group) is 1. The number of aryl methyl sites for hydroxylation is 2. The molecule has 1 atom stereocenters. The lowest BCUT2D eigenvalue weighted by Gasteiger charge is -2.23. The maximum absolute atomic E-state index is 13.0. The lowest BCUT2D eigenvalue weighted by molar-refractivity contribution is 0.268. The number of nitrogens with two attached hydrogens (primary N) is 1. The summed E-state index contributed by atoms with van der Waals surface area (Å²) in [5.41, 5.74) is 8.80. The van der Waals surface area contributed by atoms with Crippen LogP contribution in [0.4, 0.5) is 5.82 Å². The average molecular weight is 473 g/mol. The zero-order chi connectivity index (χ0) is 22.9. The highest BCUT2D eigenvalue weighted by Gasteiger charge is 2.25. The number of hydrogen-bond acceptors (Lipinski definition) is 8. The summed E-state index contributed by atoms with van der Waals surface area (Å²) in [6.45, 7) is 8.31. The predicted molar refractivity (Wildman–Crippen MR) is 128 cm³/mol. The number of benzene rings is 1. The topological polar surface area (TPSA) is 114 Å². The number of thiazole rings is 1. The fourth-order valence-corrected chi connectivity index (χ4v) is 5.93. The molecule has 0 radical (unpaired) electrons. The smallest absolute Gasteiger partial charge is 0.240 e. The number of likely N-dealkylation sites (tertiary alicyclic amines) is 1. The van der Waals surface area contributed by atoms with Crippen LogP contribution in [-0.2, 0) is 10.0 Å². The van der Waals surface area contributed by atoms with E-state index in [4.69, 9.17) is 10.7 Å². The third-order valence-corrected chi connectivity index (χ3v) is 8.21. The number of sulfonamides is 1. The van der Waals surface area contributed by atoms with Crippen molar-refractivity contribution < 1.29 is 8.42 Å². The number of anilines is 1. The molecule has 1 aliphatic heterocycles. The van der Waals surface area contributed by atoms with Crippen LogP contribution in [0.15, 0.2) is 35.5 Å². The summed E-state index contributed by atoms with van der Waals surface area (Å²) in [5.74, 6) is 0.317. The summed E-state index contributed by atoms with van der Waals surface area (Å²) in [5, 5.41) is 0.908. The minimum Gasteiger partial charge on any atom is -0.382 e. The van der Waals surface area contributed by atoms with Crippen molar-refractivity contribution in [2.45, 2.75) is 44.6 Å². The number of nitrogens with one attached hydrogen (secondary N) is 1. The summed E-state index contributed by atoms with van der Waals surface area (Å²) in [7, 11) is -3.65. The molecule has 4 rings (SSSR count). The molecule has 170 valence electrons. The first-order valence-electron chi connectivity index (χ1n) is 10.7. The average Bonchev–Trinajstić information content (AvgIpc) is 3.41. The number of rotatable bonds is 7. The van der Waals surface area contributed by atoms with E-state index in [9.17, 15) is 8.42 Å². The van der Waals surface area contributed by atoms with Crippen LogP contribution in [0.5, 0.6) is 0 Å². The Bertz CT molecular complexity index is 1220. The molecule has 0 saturated carbocycles. The molecule has 1 unspecified atom stereocenters. The van der Waals surface area contributed by atoms with E-state index in [0.29, 0.717) is 29.3 Å². The Morgan fingerprint density at radius 3 is 2.78 bits per heavy atom. The van der Waals surface area contributed by atoms with Crippen molar-refractivity contribution in [1.29, 1.82) is 0 Å². The summed E-state index contributed by atoms with van der Waals surface area (Å²) in [4.78, 5) is 16.6. The highest BCUT2D eigenvalue weighted by Crippen LogP contribution is 2.31. The van der Waals surface area contributed by atoms with Crippen LogP contribution in [0.25, 0.3) is 21.8 Å². The molecule has 3 N–H and O–H groups in total. The molecule has 3 heterocycles. The third kappa shape index (κ3) is 4.68. The van der Waals surface area contributed by atoms with Gasteiger partial charge in [0.15, 0.2) is 5.82 Å². The third-order valence-electron chi connectivity index (χ3n) is 5.86. The van der Waals surface area contributed by atoms with Crippen LogP contribution >= 0.6 is 11.3 Å². The van der Waals surface area contributed by atoms with Crippen molar-refractivity contribution in [2.75, 3.05) is 25.4 Å². The van der Waals surface area contributed by atoms with E-state index in [-0.39, 0.29) is 10.9 Å². The van der Waals surface area contributed by atoms with Gasteiger partial charge >= 0.3 is 0 Å². The molecule has 2 aromatic heterocycles. The molecular weight excluding hydrogens is 444 g/mol. The molecule has 32 heavy (non-hydrogen) atoms. The van der Waals surface area contributed by atoms with E-state index in [0.717, 1.165) is 41.4 Å². The molecule has 1 saturated heterocycles. The van der Waals surface area contributed by atoms with Crippen LogP contribution in [0.2, 0.25) is 0 Å². The Kier molecular flexibility index (Phi) is 6.57. The van der Waals surface area contributed by atoms with Gasteiger partial charge in [-0.3, -0.25) is 4.90 Å². The van der Waals surface area contributed by atoms with Crippen LogP contribution in [0.1, 0.15) is 30.3 Å². The van der Waals surface area contributed by atoms with Crippen LogP contribution in [0.3, 0.4) is 0 Å². The first kappa shape index (κ1) is 22.8. The minimum absolute atomic E-state index is 0.216. The molecular formula is C22H28N6O2S2. The largest absolute Gasteiger partial charge is 0.382 e. The lowest BCUT2D eigenvalue weighted by atomic mass is 10.1. The van der Waals surface area contributed by atoms with Crippen molar-refractivity contribution in [2.24, 2.45) is 0 Å². The monoisotopic (exact) mass is 472 g/mol. The predicted octanol–water partition coefficient (Wildman–Crippen LogP) is 3.23. The second-order valence-electron chi connectivity index (χ2n) is 7.99. The second kappa shape index (κ2) is 9.22. The van der Waals surface area contributed by atoms with Crippen molar-refractivity contribution in [3.8, 4) is 21.8 Å². The molecule has 1 aliphatic rings. The van der Waals surface area contributed by atoms with Crippen LogP contribution < -0.4 is 10.5 Å². The number of nitrogen functional groups attached to an aromatic ring is 1. The SMILES string of the molecule is CCN1CCCC1CNS(=O)(=O)c1ccc(C)c(-c2cnc(N)c(-c3cnc(C)s3)n2)c1. The summed E-state index contributed by atoms with van der Waals surface area (Å²) in [6.07, 6.45) is 5.42. The molecule has 0 spiro atoms. The Morgan fingerprint density at radius 1 is 1.25 bits per heavy atom. The number of hydrogen-bond donors (Lipinski definition) is 2. The molecule has 10 heteroatoms. The summed E-state index contributed by atoms with van der Waals surface area (Å²) >= 11 is 1.49. The van der Waals surface area contributed by atoms with Gasteiger partial charge in [0.05, 0.1) is 26.7 Å². The first-order chi connectivity index (χ1) is 15.3. The molecule has 0 aliphatic carbocycles. The van der Waals surface area contributed by atoms with Crippen molar-refractivity contribution >= 4 is 27.2 Å². The van der Waals surface area contributed by atoms with Gasteiger partial charge in [-0.1, -0.05) is 13.0 Å². The van der Waals surface area contributed by atoms with Crippen LogP contribution in [0, 0.1) is 13.8 Å². The Labute approximate surface area is 193 Å². The zero-order valence-corrected chi connectivity index (χ0v) is 20.1. The first-order valence-corrected chi connectivity index (χ1v) is 13.0. The fraction of sp³-hybridized carbons (Fsp3) is 0.409. The number of nitrogens with zero attached hydrogens (tertiary/aromatic N) is 4. The van der Waals surface area contributed by atoms with E-state index in [1.54, 1.807) is 30.6 Å². The quantitative estimate of drug-likeness (QED) is 0.542. The normalized spacial score (nSPS) is 17.2. The summed E-state index contributed by atoms with van der Waals surface area (Å²) in [6, 6.07) is 5.33. The Hall–Kier alpha value is -2.40. The highest BCUT2D eigenvalue weighted by molar-refractivity contribution is 7.89. The Morgan fingerprint density at radius 2 is 2.06 bits per heavy atom. The van der Waals surface area contributed by atoms with Crippen molar-refractivity contribution in [3.05, 3.63) is 41.2 Å². The van der Waals surface area contributed by atoms with E-state index in [1.165, 1.54) is 11.3 Å². The maximum atomic E-state index is 13.0. The highest BCUT2D eigenvalue weighted by atomic mass is 32.2. The van der Waals surface area contributed by atoms with Crippen molar-refractivity contribution in [1.82, 2.24) is 24.6 Å². The van der Waals surface area contributed by atoms with E-state index in [2.05, 4.69) is 26.5 Å². The number of aromatic nitrogens is 3. The molecule has 3 aromatic rings.